The second-order valence-electron chi connectivity index (χ2n) is 2.84. The number of thiophene rings is 1. The van der Waals surface area contributed by atoms with Crippen LogP contribution in [0.15, 0.2) is 11.4 Å². The molecule has 9 heteroatoms. The molecule has 0 fully saturated rings. The lowest BCUT2D eigenvalue weighted by Gasteiger charge is -2.12. The van der Waals surface area contributed by atoms with Gasteiger partial charge in [0.05, 0.1) is 12.2 Å². The summed E-state index contributed by atoms with van der Waals surface area (Å²) in [5, 5.41) is 4.16. The van der Waals surface area contributed by atoms with Crippen LogP contribution in [0.2, 0.25) is 0 Å². The highest BCUT2D eigenvalue weighted by molar-refractivity contribution is 7.14. The average Bonchev–Trinajstić information content (AvgIpc) is 2.62. The molecule has 0 aliphatic rings. The molecule has 1 rings (SSSR count). The molecule has 0 aromatic carbocycles. The predicted octanol–water partition coefficient (Wildman–Crippen LogP) is 3.80. The summed E-state index contributed by atoms with van der Waals surface area (Å²) in [5.74, 6) is -0.553. The molecule has 0 bridgehead atoms. The number of nitrogens with one attached hydrogen (secondary N) is 1. The monoisotopic (exact) mass is 331 g/mol. The Balaban J connectivity index is 2.71. The van der Waals surface area contributed by atoms with Gasteiger partial charge in [0.1, 0.15) is 5.00 Å². The summed E-state index contributed by atoms with van der Waals surface area (Å²) in [6, 6.07) is 1.51. The number of rotatable bonds is 3. The predicted molar refractivity (Wildman–Crippen MR) is 70.7 cm³/mol. The molecule has 1 aromatic rings. The van der Waals surface area contributed by atoms with Crippen LogP contribution >= 0.6 is 46.1 Å². The molecule has 0 atom stereocenters. The maximum atomic E-state index is 11.5. The number of alkyl halides is 3. The van der Waals surface area contributed by atoms with E-state index in [9.17, 15) is 9.59 Å². The Morgan fingerprint density at radius 3 is 2.67 bits per heavy atom. The van der Waals surface area contributed by atoms with E-state index in [1.165, 1.54) is 6.07 Å². The quantitative estimate of drug-likeness (QED) is 0.675. The summed E-state index contributed by atoms with van der Waals surface area (Å²) in [4.78, 5) is 22.8. The SMILES string of the molecule is CCOC(=O)c1ccsc1NC(=O)OC(Cl)(Cl)Cl. The number of carbonyl (C=O) groups excluding carboxylic acids is 2. The first-order valence-corrected chi connectivity index (χ1v) is 6.66. The zero-order chi connectivity index (χ0) is 13.8. The second kappa shape index (κ2) is 6.47. The maximum Gasteiger partial charge on any atom is 0.415 e. The lowest BCUT2D eigenvalue weighted by molar-refractivity contribution is 0.0528. The average molecular weight is 333 g/mol. The molecule has 0 aliphatic heterocycles. The van der Waals surface area contributed by atoms with Gasteiger partial charge in [-0.1, -0.05) is 0 Å². The van der Waals surface area contributed by atoms with Gasteiger partial charge < -0.3 is 9.47 Å². The molecule has 5 nitrogen and oxygen atoms in total. The van der Waals surface area contributed by atoms with Crippen molar-refractivity contribution < 1.29 is 19.1 Å². The van der Waals surface area contributed by atoms with Crippen LogP contribution in [0.1, 0.15) is 17.3 Å². The summed E-state index contributed by atoms with van der Waals surface area (Å²) >= 11 is 17.0. The third kappa shape index (κ3) is 4.89. The Morgan fingerprint density at radius 1 is 1.44 bits per heavy atom. The van der Waals surface area contributed by atoms with Gasteiger partial charge in [0.25, 0.3) is 0 Å². The van der Waals surface area contributed by atoms with Crippen molar-refractivity contribution in [2.24, 2.45) is 0 Å². The number of esters is 1. The van der Waals surface area contributed by atoms with Crippen LogP contribution in [0.25, 0.3) is 0 Å². The van der Waals surface area contributed by atoms with Crippen LogP contribution in [0.3, 0.4) is 0 Å². The lowest BCUT2D eigenvalue weighted by Crippen LogP contribution is -2.21. The second-order valence-corrected chi connectivity index (χ2v) is 5.94. The third-order valence-corrected chi connectivity index (χ3v) is 2.65. The van der Waals surface area contributed by atoms with Crippen molar-refractivity contribution in [2.45, 2.75) is 10.9 Å². The van der Waals surface area contributed by atoms with E-state index >= 15 is 0 Å². The van der Waals surface area contributed by atoms with E-state index in [0.29, 0.717) is 0 Å². The standard InChI is InChI=1S/C9H8Cl3NO4S/c1-2-16-7(14)5-3-4-18-6(5)13-8(15)17-9(10,11)12/h3-4H,2H2,1H3,(H,13,15). The van der Waals surface area contributed by atoms with Crippen LogP contribution in [0, 0.1) is 0 Å². The van der Waals surface area contributed by atoms with E-state index in [0.717, 1.165) is 11.3 Å². The summed E-state index contributed by atoms with van der Waals surface area (Å²) in [6.45, 7) is 1.90. The van der Waals surface area contributed by atoms with Gasteiger partial charge in [-0.05, 0) is 53.2 Å². The number of hydrogen-bond donors (Lipinski definition) is 1. The van der Waals surface area contributed by atoms with Gasteiger partial charge in [-0.15, -0.1) is 11.3 Å². The Labute approximate surface area is 122 Å². The maximum absolute atomic E-state index is 11.5. The van der Waals surface area contributed by atoms with Crippen LogP contribution in [0.4, 0.5) is 9.80 Å². The largest absolute Gasteiger partial charge is 0.462 e. The number of ether oxygens (including phenoxy) is 2. The number of carbonyl (C=O) groups is 2. The first kappa shape index (κ1) is 15.4. The first-order valence-electron chi connectivity index (χ1n) is 4.65. The molecule has 1 amide bonds. The summed E-state index contributed by atoms with van der Waals surface area (Å²) in [6.07, 6.45) is -0.983. The molecule has 0 aliphatic carbocycles. The molecule has 1 aromatic heterocycles. The van der Waals surface area contributed by atoms with E-state index in [-0.39, 0.29) is 17.2 Å². The minimum atomic E-state index is -2.16. The van der Waals surface area contributed by atoms with Crippen LogP contribution in [0.5, 0.6) is 0 Å². The smallest absolute Gasteiger partial charge is 0.415 e. The highest BCUT2D eigenvalue weighted by Crippen LogP contribution is 2.29. The van der Waals surface area contributed by atoms with Gasteiger partial charge in [0.2, 0.25) is 0 Å². The Bertz CT molecular complexity index is 443. The van der Waals surface area contributed by atoms with Gasteiger partial charge in [0.15, 0.2) is 0 Å². The molecular formula is C9H8Cl3NO4S. The fraction of sp³-hybridized carbons (Fsp3) is 0.333. The molecule has 0 radical (unpaired) electrons. The van der Waals surface area contributed by atoms with E-state index in [1.54, 1.807) is 12.3 Å². The normalized spacial score (nSPS) is 10.9. The van der Waals surface area contributed by atoms with Gasteiger partial charge >= 0.3 is 16.0 Å². The Kier molecular flexibility index (Phi) is 5.52. The topological polar surface area (TPSA) is 64.6 Å². The molecule has 1 N–H and O–H groups in total. The molecule has 18 heavy (non-hydrogen) atoms. The number of anilines is 1. The van der Waals surface area contributed by atoms with Gasteiger partial charge in [0, 0.05) is 0 Å². The van der Waals surface area contributed by atoms with E-state index in [4.69, 9.17) is 39.5 Å². The number of halogens is 3. The molecular weight excluding hydrogens is 325 g/mol. The lowest BCUT2D eigenvalue weighted by atomic mass is 10.3. The van der Waals surface area contributed by atoms with Crippen LogP contribution in [-0.4, -0.2) is 22.6 Å². The number of hydrogen-bond acceptors (Lipinski definition) is 5. The number of amides is 1. The van der Waals surface area contributed by atoms with Gasteiger partial charge in [-0.25, -0.2) is 9.59 Å². The van der Waals surface area contributed by atoms with Crippen molar-refractivity contribution in [3.63, 3.8) is 0 Å². The van der Waals surface area contributed by atoms with E-state index in [2.05, 4.69) is 10.1 Å². The van der Waals surface area contributed by atoms with E-state index < -0.39 is 16.0 Å². The van der Waals surface area contributed by atoms with Crippen LogP contribution in [-0.2, 0) is 9.47 Å². The van der Waals surface area contributed by atoms with Gasteiger partial charge in [-0.2, -0.15) is 0 Å². The fourth-order valence-electron chi connectivity index (χ4n) is 0.999. The molecule has 0 saturated heterocycles. The van der Waals surface area contributed by atoms with Crippen molar-refractivity contribution in [1.82, 2.24) is 0 Å². The Morgan fingerprint density at radius 2 is 2.11 bits per heavy atom. The molecule has 0 unspecified atom stereocenters. The fourth-order valence-corrected chi connectivity index (χ4v) is 1.97. The molecule has 0 saturated carbocycles. The Hall–Kier alpha value is -0.690. The van der Waals surface area contributed by atoms with Crippen molar-refractivity contribution in [1.29, 1.82) is 0 Å². The third-order valence-electron chi connectivity index (χ3n) is 1.58. The minimum Gasteiger partial charge on any atom is -0.462 e. The molecule has 0 spiro atoms. The summed E-state index contributed by atoms with van der Waals surface area (Å²) < 4.78 is 7.05. The highest BCUT2D eigenvalue weighted by Gasteiger charge is 2.26. The van der Waals surface area contributed by atoms with Crippen LogP contribution < -0.4 is 5.32 Å². The van der Waals surface area contributed by atoms with Crippen molar-refractivity contribution >= 4 is 63.2 Å². The zero-order valence-electron chi connectivity index (χ0n) is 9.04. The zero-order valence-corrected chi connectivity index (χ0v) is 12.1. The minimum absolute atomic E-state index is 0.211. The van der Waals surface area contributed by atoms with E-state index in [1.807, 2.05) is 0 Å². The van der Waals surface area contributed by atoms with Gasteiger partial charge in [-0.3, -0.25) is 5.32 Å². The first-order chi connectivity index (χ1) is 8.33. The summed E-state index contributed by atoms with van der Waals surface area (Å²) in [7, 11) is 0. The molecule has 1 heterocycles. The van der Waals surface area contributed by atoms with Crippen molar-refractivity contribution in [3.05, 3.63) is 17.0 Å². The molecule has 100 valence electrons. The van der Waals surface area contributed by atoms with Crippen molar-refractivity contribution in [3.8, 4) is 0 Å². The van der Waals surface area contributed by atoms with Crippen molar-refractivity contribution in [2.75, 3.05) is 11.9 Å². The summed E-state index contributed by atoms with van der Waals surface area (Å²) in [5.41, 5.74) is 0.211. The highest BCUT2D eigenvalue weighted by atomic mass is 35.6.